The Bertz CT molecular complexity index is 1280. The Morgan fingerprint density at radius 1 is 1.31 bits per heavy atom. The Labute approximate surface area is 208 Å². The summed E-state index contributed by atoms with van der Waals surface area (Å²) in [7, 11) is 0. The van der Waals surface area contributed by atoms with Crippen LogP contribution in [0.25, 0.3) is 0 Å². The average Bonchev–Trinajstić information content (AvgIpc) is 3.22. The molecule has 0 saturated heterocycles. The Morgan fingerprint density at radius 2 is 2.06 bits per heavy atom. The number of nitrogens with one attached hydrogen (secondary N) is 2. The number of nitro benzene ring substituents is 1. The zero-order chi connectivity index (χ0) is 25.5. The second-order valence-electron chi connectivity index (χ2n) is 7.17. The number of carbonyl (C=O) groups is 2. The molecule has 13 heteroatoms. The first kappa shape index (κ1) is 25.8. The first-order valence-corrected chi connectivity index (χ1v) is 11.5. The van der Waals surface area contributed by atoms with E-state index in [4.69, 9.17) is 11.6 Å². The van der Waals surface area contributed by atoms with E-state index in [1.54, 1.807) is 23.6 Å². The lowest BCUT2D eigenvalue weighted by atomic mass is 10.2. The van der Waals surface area contributed by atoms with Crippen LogP contribution >= 0.6 is 23.4 Å². The molecule has 1 atom stereocenters. The number of amides is 2. The van der Waals surface area contributed by atoms with Crippen molar-refractivity contribution in [2.75, 3.05) is 11.1 Å². The molecule has 0 spiro atoms. The molecular formula is C22H20ClFN6O4S. The molecule has 0 bridgehead atoms. The fourth-order valence-corrected chi connectivity index (χ4v) is 3.97. The van der Waals surface area contributed by atoms with Gasteiger partial charge < -0.3 is 15.2 Å². The number of rotatable bonds is 10. The van der Waals surface area contributed by atoms with Crippen molar-refractivity contribution in [1.82, 2.24) is 20.1 Å². The lowest BCUT2D eigenvalue weighted by molar-refractivity contribution is -0.384. The lowest BCUT2D eigenvalue weighted by Crippen LogP contribution is -2.29. The summed E-state index contributed by atoms with van der Waals surface area (Å²) in [6.45, 7) is 5.68. The van der Waals surface area contributed by atoms with Crippen LogP contribution in [0.15, 0.2) is 60.3 Å². The van der Waals surface area contributed by atoms with Crippen LogP contribution in [0.3, 0.4) is 0 Å². The van der Waals surface area contributed by atoms with Crippen LogP contribution in [0.2, 0.25) is 5.02 Å². The average molecular weight is 519 g/mol. The van der Waals surface area contributed by atoms with Crippen molar-refractivity contribution in [3.63, 3.8) is 0 Å². The molecule has 0 aliphatic heterocycles. The van der Waals surface area contributed by atoms with Gasteiger partial charge in [0, 0.05) is 18.7 Å². The largest absolute Gasteiger partial charge is 0.342 e. The van der Waals surface area contributed by atoms with E-state index >= 15 is 0 Å². The number of allylic oxidation sites excluding steroid dienone is 1. The van der Waals surface area contributed by atoms with Gasteiger partial charge in [-0.3, -0.25) is 19.7 Å². The molecule has 0 saturated carbocycles. The van der Waals surface area contributed by atoms with E-state index in [0.29, 0.717) is 17.5 Å². The minimum absolute atomic E-state index is 0.0930. The third-order valence-corrected chi connectivity index (χ3v) is 5.97. The van der Waals surface area contributed by atoms with Gasteiger partial charge in [-0.1, -0.05) is 41.6 Å². The topological polar surface area (TPSA) is 132 Å². The third-order valence-electron chi connectivity index (χ3n) is 4.68. The number of halogens is 2. The van der Waals surface area contributed by atoms with Gasteiger partial charge in [0.05, 0.1) is 33.0 Å². The van der Waals surface area contributed by atoms with Gasteiger partial charge in [0.1, 0.15) is 5.82 Å². The van der Waals surface area contributed by atoms with Crippen LogP contribution in [0.4, 0.5) is 15.8 Å². The predicted octanol–water partition coefficient (Wildman–Crippen LogP) is 4.39. The summed E-state index contributed by atoms with van der Waals surface area (Å²) in [6.07, 6.45) is 1.60. The highest BCUT2D eigenvalue weighted by Crippen LogP contribution is 2.27. The summed E-state index contributed by atoms with van der Waals surface area (Å²) in [5.74, 6) is -1.42. The molecule has 0 fully saturated rings. The van der Waals surface area contributed by atoms with Crippen molar-refractivity contribution >= 4 is 46.6 Å². The Morgan fingerprint density at radius 3 is 2.74 bits per heavy atom. The molecule has 10 nitrogen and oxygen atoms in total. The summed E-state index contributed by atoms with van der Waals surface area (Å²) in [6, 6.07) is 8.72. The number of nitrogens with zero attached hydrogens (tertiary/aromatic N) is 4. The lowest BCUT2D eigenvalue weighted by Gasteiger charge is -2.15. The van der Waals surface area contributed by atoms with Crippen LogP contribution in [-0.2, 0) is 11.3 Å². The fourth-order valence-electron chi connectivity index (χ4n) is 3.05. The summed E-state index contributed by atoms with van der Waals surface area (Å²) in [4.78, 5) is 35.3. The molecule has 0 aliphatic carbocycles. The van der Waals surface area contributed by atoms with Crippen molar-refractivity contribution in [2.45, 2.75) is 24.7 Å². The molecule has 182 valence electrons. The highest BCUT2D eigenvalue weighted by atomic mass is 35.5. The molecule has 3 rings (SSSR count). The molecule has 2 aromatic carbocycles. The van der Waals surface area contributed by atoms with Crippen LogP contribution in [0, 0.1) is 15.9 Å². The minimum Gasteiger partial charge on any atom is -0.342 e. The van der Waals surface area contributed by atoms with Gasteiger partial charge in [-0.25, -0.2) is 4.39 Å². The fraction of sp³-hybridized carbons (Fsp3) is 0.182. The Kier molecular flexibility index (Phi) is 8.55. The number of anilines is 1. The maximum absolute atomic E-state index is 13.9. The van der Waals surface area contributed by atoms with Gasteiger partial charge in [0.2, 0.25) is 5.91 Å². The SMILES string of the molecule is C=CCn1c(SCC(=O)Nc2cc([N+](=O)[O-])ccc2Cl)nnc1C(C)NC(=O)c1ccccc1F. The number of aromatic nitrogens is 3. The van der Waals surface area contributed by atoms with Crippen LogP contribution in [0.1, 0.15) is 29.1 Å². The summed E-state index contributed by atoms with van der Waals surface area (Å²) in [5, 5.41) is 24.9. The van der Waals surface area contributed by atoms with E-state index in [0.717, 1.165) is 11.8 Å². The molecule has 1 aromatic heterocycles. The van der Waals surface area contributed by atoms with E-state index in [1.807, 2.05) is 0 Å². The maximum atomic E-state index is 13.9. The molecule has 0 radical (unpaired) electrons. The van der Waals surface area contributed by atoms with Crippen molar-refractivity contribution in [1.29, 1.82) is 0 Å². The Balaban J connectivity index is 1.69. The van der Waals surface area contributed by atoms with Gasteiger partial charge >= 0.3 is 0 Å². The van der Waals surface area contributed by atoms with Gasteiger partial charge in [-0.2, -0.15) is 0 Å². The normalized spacial score (nSPS) is 11.5. The molecule has 1 unspecified atom stereocenters. The first-order valence-electron chi connectivity index (χ1n) is 10.2. The quantitative estimate of drug-likeness (QED) is 0.176. The molecule has 2 N–H and O–H groups in total. The van der Waals surface area contributed by atoms with E-state index in [1.165, 1.54) is 36.4 Å². The maximum Gasteiger partial charge on any atom is 0.271 e. The smallest absolute Gasteiger partial charge is 0.271 e. The number of thioether (sulfide) groups is 1. The second-order valence-corrected chi connectivity index (χ2v) is 8.52. The highest BCUT2D eigenvalue weighted by Gasteiger charge is 2.22. The first-order chi connectivity index (χ1) is 16.7. The molecule has 3 aromatic rings. The number of hydrogen-bond donors (Lipinski definition) is 2. The summed E-state index contributed by atoms with van der Waals surface area (Å²) >= 11 is 7.09. The third kappa shape index (κ3) is 6.43. The zero-order valence-corrected chi connectivity index (χ0v) is 20.0. The number of nitro groups is 1. The summed E-state index contributed by atoms with van der Waals surface area (Å²) in [5.41, 5.74) is -0.191. The molecule has 2 amide bonds. The van der Waals surface area contributed by atoms with Crippen LogP contribution < -0.4 is 10.6 Å². The van der Waals surface area contributed by atoms with E-state index in [9.17, 15) is 24.1 Å². The van der Waals surface area contributed by atoms with E-state index in [-0.39, 0.29) is 27.7 Å². The van der Waals surface area contributed by atoms with E-state index < -0.39 is 28.6 Å². The van der Waals surface area contributed by atoms with E-state index in [2.05, 4.69) is 27.4 Å². The minimum atomic E-state index is -0.643. The van der Waals surface area contributed by atoms with Crippen molar-refractivity contribution in [3.05, 3.63) is 87.5 Å². The molecular weight excluding hydrogens is 499 g/mol. The van der Waals surface area contributed by atoms with Crippen molar-refractivity contribution < 1.29 is 18.9 Å². The van der Waals surface area contributed by atoms with Crippen molar-refractivity contribution in [3.8, 4) is 0 Å². The zero-order valence-electron chi connectivity index (χ0n) is 18.4. The molecule has 0 aliphatic rings. The van der Waals surface area contributed by atoms with Crippen LogP contribution in [0.5, 0.6) is 0 Å². The highest BCUT2D eigenvalue weighted by molar-refractivity contribution is 7.99. The van der Waals surface area contributed by atoms with Gasteiger partial charge in [0.15, 0.2) is 11.0 Å². The monoisotopic (exact) mass is 518 g/mol. The van der Waals surface area contributed by atoms with Gasteiger partial charge in [-0.05, 0) is 25.1 Å². The standard InChI is InChI=1S/C22H20ClFN6O4S/c1-3-10-29-20(13(2)25-21(32)15-6-4-5-7-17(15)24)27-28-22(29)35-12-19(31)26-18-11-14(30(33)34)8-9-16(18)23/h3-9,11,13H,1,10,12H2,2H3,(H,25,32)(H,26,31). The molecule has 1 heterocycles. The van der Waals surface area contributed by atoms with Gasteiger partial charge in [-0.15, -0.1) is 16.8 Å². The number of hydrogen-bond acceptors (Lipinski definition) is 7. The van der Waals surface area contributed by atoms with Crippen LogP contribution in [-0.4, -0.2) is 37.3 Å². The van der Waals surface area contributed by atoms with Crippen molar-refractivity contribution in [2.24, 2.45) is 0 Å². The second kappa shape index (κ2) is 11.6. The number of carbonyl (C=O) groups excluding carboxylic acids is 2. The van der Waals surface area contributed by atoms with Gasteiger partial charge in [0.25, 0.3) is 11.6 Å². The number of benzene rings is 2. The Hall–Kier alpha value is -3.77. The summed E-state index contributed by atoms with van der Waals surface area (Å²) < 4.78 is 15.6. The predicted molar refractivity (Wildman–Crippen MR) is 130 cm³/mol. The number of non-ortho nitro benzene ring substituents is 1. The molecule has 35 heavy (non-hydrogen) atoms.